The predicted octanol–water partition coefficient (Wildman–Crippen LogP) is 6.10. The molecule has 1 atom stereocenters. The topological polar surface area (TPSA) is 96.0 Å². The summed E-state index contributed by atoms with van der Waals surface area (Å²) in [5, 5.41) is 3.41. The molecular formula is C35H38ClN3O5S. The number of para-hydroxylation sites is 1. The molecule has 0 saturated heterocycles. The number of anilines is 1. The molecule has 8 nitrogen and oxygen atoms in total. The zero-order valence-electron chi connectivity index (χ0n) is 25.8. The average Bonchev–Trinajstić information content (AvgIpc) is 3.01. The number of sulfonamides is 1. The van der Waals surface area contributed by atoms with Crippen LogP contribution in [0.5, 0.6) is 5.75 Å². The van der Waals surface area contributed by atoms with Crippen molar-refractivity contribution >= 4 is 39.1 Å². The highest BCUT2D eigenvalue weighted by molar-refractivity contribution is 7.92. The second-order valence-corrected chi connectivity index (χ2v) is 13.9. The van der Waals surface area contributed by atoms with E-state index in [9.17, 15) is 18.0 Å². The van der Waals surface area contributed by atoms with Crippen LogP contribution in [0.1, 0.15) is 31.9 Å². The Bertz CT molecular complexity index is 1690. The summed E-state index contributed by atoms with van der Waals surface area (Å²) in [7, 11) is -2.66. The molecule has 10 heteroatoms. The zero-order chi connectivity index (χ0) is 32.6. The number of halogens is 1. The van der Waals surface area contributed by atoms with Gasteiger partial charge in [-0.1, -0.05) is 72.3 Å². The summed E-state index contributed by atoms with van der Waals surface area (Å²) in [5.74, 6) is -0.312. The number of ether oxygens (including phenoxy) is 1. The van der Waals surface area contributed by atoms with E-state index in [0.717, 1.165) is 15.4 Å². The molecule has 0 bridgehead atoms. The Labute approximate surface area is 270 Å². The number of carbonyl (C=O) groups is 2. The van der Waals surface area contributed by atoms with Crippen molar-refractivity contribution < 1.29 is 22.7 Å². The summed E-state index contributed by atoms with van der Waals surface area (Å²) >= 11 is 6.04. The number of nitrogens with one attached hydrogen (secondary N) is 1. The fraction of sp³-hybridized carbons (Fsp3) is 0.257. The van der Waals surface area contributed by atoms with Gasteiger partial charge in [0.15, 0.2) is 0 Å². The molecule has 0 spiro atoms. The largest absolute Gasteiger partial charge is 0.497 e. The molecule has 0 unspecified atom stereocenters. The van der Waals surface area contributed by atoms with E-state index in [1.54, 1.807) is 55.6 Å². The summed E-state index contributed by atoms with van der Waals surface area (Å²) in [4.78, 5) is 29.9. The zero-order valence-corrected chi connectivity index (χ0v) is 27.4. The number of benzene rings is 4. The molecule has 0 saturated carbocycles. The van der Waals surface area contributed by atoms with Gasteiger partial charge in [0, 0.05) is 23.5 Å². The second-order valence-electron chi connectivity index (χ2n) is 11.6. The van der Waals surface area contributed by atoms with Crippen LogP contribution < -0.4 is 14.4 Å². The molecule has 0 aliphatic heterocycles. The van der Waals surface area contributed by atoms with Crippen molar-refractivity contribution in [1.29, 1.82) is 0 Å². The molecule has 4 rings (SSSR count). The van der Waals surface area contributed by atoms with Gasteiger partial charge in [-0.2, -0.15) is 0 Å². The maximum absolute atomic E-state index is 14.5. The summed E-state index contributed by atoms with van der Waals surface area (Å²) in [6.45, 7) is 5.10. The van der Waals surface area contributed by atoms with E-state index >= 15 is 0 Å². The highest BCUT2D eigenvalue weighted by Crippen LogP contribution is 2.26. The minimum absolute atomic E-state index is 0.0193. The number of nitrogens with zero attached hydrogens (tertiary/aromatic N) is 2. The van der Waals surface area contributed by atoms with Crippen LogP contribution in [0.15, 0.2) is 114 Å². The summed E-state index contributed by atoms with van der Waals surface area (Å²) in [6, 6.07) is 29.9. The standard InChI is InChI=1S/C35H38ClN3O5S/c1-35(2,3)37-34(41)32(23-26-12-7-5-8-13-26)38(24-27-14-11-17-30(22-27)44-4)33(40)25-39(29-15-9-6-10-16-29)45(42,43)31-20-18-28(36)19-21-31/h5-22,32H,23-25H2,1-4H3,(H,37,41)/t32-/m0/s1. The highest BCUT2D eigenvalue weighted by Gasteiger charge is 2.35. The third-order valence-corrected chi connectivity index (χ3v) is 9.02. The van der Waals surface area contributed by atoms with Gasteiger partial charge in [-0.25, -0.2) is 8.42 Å². The van der Waals surface area contributed by atoms with Gasteiger partial charge in [-0.15, -0.1) is 0 Å². The van der Waals surface area contributed by atoms with Crippen LogP contribution in [0.4, 0.5) is 5.69 Å². The van der Waals surface area contributed by atoms with Crippen molar-refractivity contribution in [2.24, 2.45) is 0 Å². The number of rotatable bonds is 12. The third-order valence-electron chi connectivity index (χ3n) is 6.98. The first-order valence-electron chi connectivity index (χ1n) is 14.5. The first-order valence-corrected chi connectivity index (χ1v) is 16.3. The molecule has 0 aliphatic carbocycles. The van der Waals surface area contributed by atoms with Crippen molar-refractivity contribution in [3.63, 3.8) is 0 Å². The third kappa shape index (κ3) is 9.09. The van der Waals surface area contributed by atoms with Crippen LogP contribution in [0.25, 0.3) is 0 Å². The number of carbonyl (C=O) groups excluding carboxylic acids is 2. The van der Waals surface area contributed by atoms with Gasteiger partial charge in [-0.05, 0) is 80.4 Å². The fourth-order valence-electron chi connectivity index (χ4n) is 4.83. The maximum atomic E-state index is 14.5. The van der Waals surface area contributed by atoms with Gasteiger partial charge in [0.1, 0.15) is 18.3 Å². The van der Waals surface area contributed by atoms with Gasteiger partial charge < -0.3 is 15.0 Å². The molecule has 4 aromatic carbocycles. The van der Waals surface area contributed by atoms with Gasteiger partial charge in [0.05, 0.1) is 17.7 Å². The minimum Gasteiger partial charge on any atom is -0.497 e. The first kappa shape index (κ1) is 33.6. The summed E-state index contributed by atoms with van der Waals surface area (Å²) < 4.78 is 34.6. The molecular weight excluding hydrogens is 610 g/mol. The van der Waals surface area contributed by atoms with Crippen LogP contribution in [-0.2, 0) is 32.6 Å². The summed E-state index contributed by atoms with van der Waals surface area (Å²) in [5.41, 5.74) is 1.30. The number of hydrogen-bond acceptors (Lipinski definition) is 5. The molecule has 0 fully saturated rings. The van der Waals surface area contributed by atoms with Gasteiger partial charge in [-0.3, -0.25) is 13.9 Å². The lowest BCUT2D eigenvalue weighted by atomic mass is 10.0. The molecule has 0 aliphatic rings. The van der Waals surface area contributed by atoms with Crippen LogP contribution in [0, 0.1) is 0 Å². The van der Waals surface area contributed by atoms with Crippen molar-refractivity contribution in [2.75, 3.05) is 18.0 Å². The van der Waals surface area contributed by atoms with E-state index in [2.05, 4.69) is 5.32 Å². The van der Waals surface area contributed by atoms with Crippen LogP contribution >= 0.6 is 11.6 Å². The van der Waals surface area contributed by atoms with Crippen LogP contribution in [0.2, 0.25) is 5.02 Å². The van der Waals surface area contributed by atoms with Crippen molar-refractivity contribution in [3.05, 3.63) is 125 Å². The highest BCUT2D eigenvalue weighted by atomic mass is 35.5. The second kappa shape index (κ2) is 14.6. The average molecular weight is 648 g/mol. The Morgan fingerprint density at radius 3 is 2.04 bits per heavy atom. The first-order chi connectivity index (χ1) is 21.4. The van der Waals surface area contributed by atoms with E-state index in [0.29, 0.717) is 16.5 Å². The van der Waals surface area contributed by atoms with E-state index < -0.39 is 34.1 Å². The lowest BCUT2D eigenvalue weighted by Gasteiger charge is -2.35. The Morgan fingerprint density at radius 2 is 1.44 bits per heavy atom. The molecule has 2 amide bonds. The summed E-state index contributed by atoms with van der Waals surface area (Å²) in [6.07, 6.45) is 0.216. The lowest BCUT2D eigenvalue weighted by Crippen LogP contribution is -2.56. The molecule has 1 N–H and O–H groups in total. The van der Waals surface area contributed by atoms with Gasteiger partial charge >= 0.3 is 0 Å². The Morgan fingerprint density at radius 1 is 0.844 bits per heavy atom. The SMILES string of the molecule is COc1cccc(CN(C(=O)CN(c2ccccc2)S(=O)(=O)c2ccc(Cl)cc2)[C@@H](Cc2ccccc2)C(=O)NC(C)(C)C)c1. The van der Waals surface area contributed by atoms with Crippen LogP contribution in [-0.4, -0.2) is 50.4 Å². The van der Waals surface area contributed by atoms with Crippen molar-refractivity contribution in [1.82, 2.24) is 10.2 Å². The normalized spacial score (nSPS) is 12.2. The van der Waals surface area contributed by atoms with Crippen LogP contribution in [0.3, 0.4) is 0 Å². The Kier molecular flexibility index (Phi) is 10.9. The fourth-order valence-corrected chi connectivity index (χ4v) is 6.37. The van der Waals surface area contributed by atoms with E-state index in [1.165, 1.54) is 29.2 Å². The van der Waals surface area contributed by atoms with Gasteiger partial charge in [0.2, 0.25) is 11.8 Å². The monoisotopic (exact) mass is 647 g/mol. The van der Waals surface area contributed by atoms with Crippen molar-refractivity contribution in [2.45, 2.75) is 50.2 Å². The smallest absolute Gasteiger partial charge is 0.264 e. The number of amides is 2. The molecule has 236 valence electrons. The molecule has 0 aromatic heterocycles. The molecule has 0 radical (unpaired) electrons. The lowest BCUT2D eigenvalue weighted by molar-refractivity contribution is -0.140. The molecule has 45 heavy (non-hydrogen) atoms. The predicted molar refractivity (Wildman–Crippen MR) is 178 cm³/mol. The van der Waals surface area contributed by atoms with E-state index in [1.807, 2.05) is 57.2 Å². The maximum Gasteiger partial charge on any atom is 0.264 e. The van der Waals surface area contributed by atoms with Gasteiger partial charge in [0.25, 0.3) is 10.0 Å². The number of hydrogen-bond donors (Lipinski definition) is 1. The van der Waals surface area contributed by atoms with E-state index in [-0.39, 0.29) is 23.8 Å². The molecule has 0 heterocycles. The Balaban J connectivity index is 1.81. The Hall–Kier alpha value is -4.34. The van der Waals surface area contributed by atoms with E-state index in [4.69, 9.17) is 16.3 Å². The minimum atomic E-state index is -4.21. The van der Waals surface area contributed by atoms with Crippen molar-refractivity contribution in [3.8, 4) is 5.75 Å². The quantitative estimate of drug-likeness (QED) is 0.201. The number of methoxy groups -OCH3 is 1. The molecule has 4 aromatic rings.